The third-order valence-electron chi connectivity index (χ3n) is 6.26. The molecule has 2 unspecified atom stereocenters. The molecule has 1 N–H and O–H groups in total. The quantitative estimate of drug-likeness (QED) is 0.548. The number of nitrogens with one attached hydrogen (secondary N) is 1. The molecule has 10 heteroatoms. The van der Waals surface area contributed by atoms with E-state index in [1.165, 1.54) is 29.3 Å². The van der Waals surface area contributed by atoms with Gasteiger partial charge >= 0.3 is 0 Å². The first-order valence-corrected chi connectivity index (χ1v) is 11.7. The lowest BCUT2D eigenvalue weighted by Gasteiger charge is -2.31. The Labute approximate surface area is 171 Å². The molecule has 0 radical (unpaired) electrons. The first kappa shape index (κ1) is 20.5. The molecule has 1 aliphatic carbocycles. The lowest BCUT2D eigenvalue weighted by molar-refractivity contribution is -0.384. The van der Waals surface area contributed by atoms with Gasteiger partial charge in [-0.25, -0.2) is 8.42 Å². The maximum Gasteiger partial charge on any atom is 0.293 e. The molecule has 2 heterocycles. The number of sulfonamides is 1. The SMILES string of the molecule is CC1CC(Nc2ccc(S(=O)(=O)N3CCN(C)CC3)cc2[N+](=O)[O-])CN1C1CC1. The summed E-state index contributed by atoms with van der Waals surface area (Å²) in [4.78, 5) is 15.7. The van der Waals surface area contributed by atoms with Gasteiger partial charge in [0, 0.05) is 56.9 Å². The van der Waals surface area contributed by atoms with Crippen molar-refractivity contribution in [3.05, 3.63) is 28.3 Å². The molecule has 29 heavy (non-hydrogen) atoms. The summed E-state index contributed by atoms with van der Waals surface area (Å²) in [6, 6.07) is 5.47. The number of piperazine rings is 1. The normalized spacial score (nSPS) is 27.2. The predicted molar refractivity (Wildman–Crippen MR) is 111 cm³/mol. The van der Waals surface area contributed by atoms with Gasteiger partial charge in [0.1, 0.15) is 5.69 Å². The van der Waals surface area contributed by atoms with Crippen molar-refractivity contribution in [2.24, 2.45) is 0 Å². The van der Waals surface area contributed by atoms with Crippen molar-refractivity contribution in [1.82, 2.24) is 14.1 Å². The van der Waals surface area contributed by atoms with Gasteiger partial charge in [-0.05, 0) is 45.4 Å². The van der Waals surface area contributed by atoms with Gasteiger partial charge in [-0.1, -0.05) is 0 Å². The highest BCUT2D eigenvalue weighted by Crippen LogP contribution is 2.36. The monoisotopic (exact) mass is 423 g/mol. The number of nitro benzene ring substituents is 1. The maximum absolute atomic E-state index is 13.0. The van der Waals surface area contributed by atoms with Crippen LogP contribution >= 0.6 is 0 Å². The van der Waals surface area contributed by atoms with Crippen LogP contribution in [0.5, 0.6) is 0 Å². The van der Waals surface area contributed by atoms with Crippen LogP contribution in [0.2, 0.25) is 0 Å². The van der Waals surface area contributed by atoms with Crippen molar-refractivity contribution in [1.29, 1.82) is 0 Å². The summed E-state index contributed by atoms with van der Waals surface area (Å²) >= 11 is 0. The fourth-order valence-electron chi connectivity index (χ4n) is 4.42. The van der Waals surface area contributed by atoms with Gasteiger partial charge in [-0.2, -0.15) is 4.31 Å². The van der Waals surface area contributed by atoms with Crippen LogP contribution in [0.15, 0.2) is 23.1 Å². The van der Waals surface area contributed by atoms with E-state index in [0.29, 0.717) is 44.0 Å². The van der Waals surface area contributed by atoms with Crippen LogP contribution in [-0.4, -0.2) is 85.3 Å². The maximum atomic E-state index is 13.0. The second kappa shape index (κ2) is 7.82. The van der Waals surface area contributed by atoms with Gasteiger partial charge in [0.25, 0.3) is 5.69 Å². The zero-order valence-electron chi connectivity index (χ0n) is 17.0. The average Bonchev–Trinajstić information content (AvgIpc) is 3.45. The zero-order valence-corrected chi connectivity index (χ0v) is 17.8. The van der Waals surface area contributed by atoms with E-state index in [1.807, 2.05) is 7.05 Å². The Kier molecular flexibility index (Phi) is 5.54. The van der Waals surface area contributed by atoms with Crippen LogP contribution in [0, 0.1) is 10.1 Å². The molecule has 2 saturated heterocycles. The van der Waals surface area contributed by atoms with E-state index in [-0.39, 0.29) is 16.6 Å². The number of hydrogen-bond donors (Lipinski definition) is 1. The van der Waals surface area contributed by atoms with Crippen molar-refractivity contribution in [3.63, 3.8) is 0 Å². The van der Waals surface area contributed by atoms with Gasteiger partial charge in [0.2, 0.25) is 10.0 Å². The molecular formula is C19H29N5O4S. The third-order valence-corrected chi connectivity index (χ3v) is 8.16. The van der Waals surface area contributed by atoms with E-state index in [2.05, 4.69) is 22.0 Å². The largest absolute Gasteiger partial charge is 0.375 e. The van der Waals surface area contributed by atoms with Crippen molar-refractivity contribution in [2.75, 3.05) is 45.1 Å². The first-order valence-electron chi connectivity index (χ1n) is 10.2. The second-order valence-electron chi connectivity index (χ2n) is 8.50. The molecule has 0 aromatic heterocycles. The number of likely N-dealkylation sites (tertiary alicyclic amines) is 1. The lowest BCUT2D eigenvalue weighted by atomic mass is 10.1. The van der Waals surface area contributed by atoms with Crippen molar-refractivity contribution >= 4 is 21.4 Å². The van der Waals surface area contributed by atoms with E-state index in [1.54, 1.807) is 6.07 Å². The van der Waals surface area contributed by atoms with E-state index in [4.69, 9.17) is 0 Å². The number of likely N-dealkylation sites (N-methyl/N-ethyl adjacent to an activating group) is 1. The summed E-state index contributed by atoms with van der Waals surface area (Å²) < 4.78 is 27.3. The number of benzene rings is 1. The van der Waals surface area contributed by atoms with Crippen LogP contribution in [0.25, 0.3) is 0 Å². The summed E-state index contributed by atoms with van der Waals surface area (Å²) in [6.07, 6.45) is 3.39. The van der Waals surface area contributed by atoms with Crippen LogP contribution in [0.1, 0.15) is 26.2 Å². The fraction of sp³-hybridized carbons (Fsp3) is 0.684. The van der Waals surface area contributed by atoms with Crippen LogP contribution in [-0.2, 0) is 10.0 Å². The molecule has 0 bridgehead atoms. The Morgan fingerprint density at radius 2 is 1.86 bits per heavy atom. The standard InChI is InChI=1S/C19H29N5O4S/c1-14-11-15(13-23(14)16-3-4-16)20-18-6-5-17(12-19(18)24(25)26)29(27,28)22-9-7-21(2)8-10-22/h5-6,12,14-16,20H,3-4,7-11,13H2,1-2H3. The molecule has 1 aromatic rings. The molecule has 1 saturated carbocycles. The summed E-state index contributed by atoms with van der Waals surface area (Å²) in [5.74, 6) is 0. The van der Waals surface area contributed by atoms with Crippen molar-refractivity contribution in [3.8, 4) is 0 Å². The van der Waals surface area contributed by atoms with Gasteiger partial charge in [0.15, 0.2) is 0 Å². The second-order valence-corrected chi connectivity index (χ2v) is 10.4. The molecule has 160 valence electrons. The smallest absolute Gasteiger partial charge is 0.293 e. The van der Waals surface area contributed by atoms with E-state index in [0.717, 1.165) is 13.0 Å². The van der Waals surface area contributed by atoms with Crippen molar-refractivity contribution < 1.29 is 13.3 Å². The Morgan fingerprint density at radius 1 is 1.17 bits per heavy atom. The van der Waals surface area contributed by atoms with Crippen LogP contribution < -0.4 is 5.32 Å². The minimum absolute atomic E-state index is 0.0151. The molecule has 1 aromatic carbocycles. The van der Waals surface area contributed by atoms with E-state index >= 15 is 0 Å². The lowest BCUT2D eigenvalue weighted by Crippen LogP contribution is -2.47. The Balaban J connectivity index is 1.53. The predicted octanol–water partition coefficient (Wildman–Crippen LogP) is 1.57. The number of rotatable bonds is 6. The Bertz CT molecular complexity index is 881. The number of anilines is 1. The van der Waals surface area contributed by atoms with Gasteiger partial charge < -0.3 is 10.2 Å². The highest BCUT2D eigenvalue weighted by Gasteiger charge is 2.39. The molecular weight excluding hydrogens is 394 g/mol. The third kappa shape index (κ3) is 4.25. The summed E-state index contributed by atoms with van der Waals surface area (Å²) in [5.41, 5.74) is 0.208. The van der Waals surface area contributed by atoms with Crippen LogP contribution in [0.3, 0.4) is 0 Å². The summed E-state index contributed by atoms with van der Waals surface area (Å²) in [5, 5.41) is 15.0. The minimum Gasteiger partial charge on any atom is -0.375 e. The number of nitro groups is 1. The van der Waals surface area contributed by atoms with E-state index in [9.17, 15) is 18.5 Å². The van der Waals surface area contributed by atoms with E-state index < -0.39 is 14.9 Å². The molecule has 0 amide bonds. The van der Waals surface area contributed by atoms with Gasteiger partial charge in [-0.15, -0.1) is 0 Å². The Morgan fingerprint density at radius 3 is 2.48 bits per heavy atom. The molecule has 3 aliphatic rings. The molecule has 2 atom stereocenters. The highest BCUT2D eigenvalue weighted by atomic mass is 32.2. The topological polar surface area (TPSA) is 99.0 Å². The molecule has 2 aliphatic heterocycles. The zero-order chi connectivity index (χ0) is 20.8. The number of nitrogens with zero attached hydrogens (tertiary/aromatic N) is 4. The van der Waals surface area contributed by atoms with Gasteiger partial charge in [-0.3, -0.25) is 15.0 Å². The molecule has 9 nitrogen and oxygen atoms in total. The minimum atomic E-state index is -3.74. The summed E-state index contributed by atoms with van der Waals surface area (Å²) in [6.45, 7) is 5.15. The molecule has 3 fully saturated rings. The Hall–Kier alpha value is -1.75. The van der Waals surface area contributed by atoms with Crippen molar-refractivity contribution in [2.45, 2.75) is 49.2 Å². The summed E-state index contributed by atoms with van der Waals surface area (Å²) in [7, 11) is -1.79. The first-order chi connectivity index (χ1) is 13.8. The molecule has 0 spiro atoms. The number of hydrogen-bond acceptors (Lipinski definition) is 7. The van der Waals surface area contributed by atoms with Gasteiger partial charge in [0.05, 0.1) is 9.82 Å². The fourth-order valence-corrected chi connectivity index (χ4v) is 5.86. The van der Waals surface area contributed by atoms with Crippen LogP contribution in [0.4, 0.5) is 11.4 Å². The molecule has 4 rings (SSSR count). The highest BCUT2D eigenvalue weighted by molar-refractivity contribution is 7.89. The average molecular weight is 424 g/mol.